The molecule has 0 N–H and O–H groups in total. The highest BCUT2D eigenvalue weighted by Crippen LogP contribution is 2.37. The van der Waals surface area contributed by atoms with Gasteiger partial charge in [0.25, 0.3) is 0 Å². The van der Waals surface area contributed by atoms with E-state index in [1.807, 2.05) is 61.5 Å². The van der Waals surface area contributed by atoms with E-state index < -0.39 is 5.00 Å². The Labute approximate surface area is 111 Å². The van der Waals surface area contributed by atoms with E-state index in [1.165, 1.54) is 0 Å². The first-order valence-electron chi connectivity index (χ1n) is 5.57. The van der Waals surface area contributed by atoms with E-state index in [-0.39, 0.29) is 0 Å². The van der Waals surface area contributed by atoms with Crippen molar-refractivity contribution in [3.8, 4) is 0 Å². The molecule has 0 fully saturated rings. The van der Waals surface area contributed by atoms with Crippen LogP contribution in [0.2, 0.25) is 0 Å². The molecule has 2 aromatic carbocycles. The zero-order chi connectivity index (χ0) is 13.0. The summed E-state index contributed by atoms with van der Waals surface area (Å²) in [5, 5.41) is 0. The van der Waals surface area contributed by atoms with Gasteiger partial charge in [-0.05, 0) is 18.1 Å². The van der Waals surface area contributed by atoms with E-state index in [1.54, 1.807) is 6.08 Å². The largest absolute Gasteiger partial charge is 0.237 e. The van der Waals surface area contributed by atoms with Gasteiger partial charge in [-0.15, -0.1) is 0 Å². The van der Waals surface area contributed by atoms with Crippen molar-refractivity contribution in [3.63, 3.8) is 0 Å². The molecule has 0 amide bonds. The summed E-state index contributed by atoms with van der Waals surface area (Å²) in [4.78, 5) is 13.2. The number of isocyanates is 1. The lowest BCUT2D eigenvalue weighted by Crippen LogP contribution is -2.17. The summed E-state index contributed by atoms with van der Waals surface area (Å²) >= 11 is 6.51. The minimum absolute atomic E-state index is 0.749. The summed E-state index contributed by atoms with van der Waals surface area (Å²) < 4.78 is 0. The van der Waals surface area contributed by atoms with E-state index in [4.69, 9.17) is 11.6 Å². The van der Waals surface area contributed by atoms with Crippen molar-refractivity contribution in [2.45, 2.75) is 11.9 Å². The molecule has 0 aliphatic rings. The number of rotatable bonds is 3. The molecule has 90 valence electrons. The molecule has 0 saturated carbocycles. The fourth-order valence-corrected chi connectivity index (χ4v) is 2.08. The highest BCUT2D eigenvalue weighted by Gasteiger charge is 2.31. The fourth-order valence-electron chi connectivity index (χ4n) is 1.79. The van der Waals surface area contributed by atoms with Crippen molar-refractivity contribution in [2.24, 2.45) is 4.99 Å². The monoisotopic (exact) mass is 257 g/mol. The summed E-state index contributed by atoms with van der Waals surface area (Å²) in [6.45, 7) is 1.99. The Bertz CT molecular complexity index is 573. The Balaban J connectivity index is 2.58. The van der Waals surface area contributed by atoms with Gasteiger partial charge in [0.2, 0.25) is 6.08 Å². The Morgan fingerprint density at radius 3 is 2.11 bits per heavy atom. The number of hydrogen-bond acceptors (Lipinski definition) is 2. The number of aryl methyl sites for hydroxylation is 1. The number of halogens is 1. The van der Waals surface area contributed by atoms with Crippen LogP contribution >= 0.6 is 11.6 Å². The Hall–Kier alpha value is -1.89. The van der Waals surface area contributed by atoms with Crippen molar-refractivity contribution in [1.82, 2.24) is 0 Å². The maximum absolute atomic E-state index is 10.7. The molecule has 1 atom stereocenters. The van der Waals surface area contributed by atoms with E-state index in [0.717, 1.165) is 16.7 Å². The van der Waals surface area contributed by atoms with Crippen LogP contribution in [-0.2, 0) is 9.79 Å². The van der Waals surface area contributed by atoms with Crippen LogP contribution in [0, 0.1) is 6.92 Å². The molecule has 1 unspecified atom stereocenters. The summed E-state index contributed by atoms with van der Waals surface area (Å²) in [6, 6.07) is 16.9. The van der Waals surface area contributed by atoms with Gasteiger partial charge in [0.05, 0.1) is 0 Å². The van der Waals surface area contributed by atoms with E-state index >= 15 is 0 Å². The zero-order valence-corrected chi connectivity index (χ0v) is 10.7. The first-order valence-corrected chi connectivity index (χ1v) is 5.95. The number of benzene rings is 2. The lowest BCUT2D eigenvalue weighted by molar-refractivity contribution is 0.558. The SMILES string of the molecule is Cc1ccc(C(Cl)(N=C=O)c2ccccc2)cc1. The lowest BCUT2D eigenvalue weighted by atomic mass is 9.98. The molecule has 0 aliphatic carbocycles. The van der Waals surface area contributed by atoms with Crippen molar-refractivity contribution >= 4 is 17.7 Å². The van der Waals surface area contributed by atoms with Crippen LogP contribution < -0.4 is 0 Å². The van der Waals surface area contributed by atoms with Crippen LogP contribution in [0.15, 0.2) is 59.6 Å². The van der Waals surface area contributed by atoms with Gasteiger partial charge < -0.3 is 0 Å². The second kappa shape index (κ2) is 5.18. The summed E-state index contributed by atoms with van der Waals surface area (Å²) in [5.74, 6) is 0. The molecule has 18 heavy (non-hydrogen) atoms. The maximum Gasteiger partial charge on any atom is 0.237 e. The summed E-state index contributed by atoms with van der Waals surface area (Å²) in [7, 11) is 0. The fraction of sp³-hybridized carbons (Fsp3) is 0.133. The average Bonchev–Trinajstić information content (AvgIpc) is 2.40. The predicted molar refractivity (Wildman–Crippen MR) is 72.4 cm³/mol. The van der Waals surface area contributed by atoms with Crippen molar-refractivity contribution < 1.29 is 4.79 Å². The number of hydrogen-bond donors (Lipinski definition) is 0. The molecule has 0 aromatic heterocycles. The molecule has 0 bridgehead atoms. The quantitative estimate of drug-likeness (QED) is 0.356. The van der Waals surface area contributed by atoms with Crippen molar-refractivity contribution in [3.05, 3.63) is 71.3 Å². The molecule has 2 aromatic rings. The average molecular weight is 258 g/mol. The standard InChI is InChI=1S/C15H12ClNO/c1-12-7-9-14(10-8-12)15(16,17-11-18)13-5-3-2-4-6-13/h2-10H,1H3. The van der Waals surface area contributed by atoms with E-state index in [9.17, 15) is 4.79 Å². The Morgan fingerprint density at radius 2 is 1.56 bits per heavy atom. The van der Waals surface area contributed by atoms with Crippen LogP contribution in [0.5, 0.6) is 0 Å². The topological polar surface area (TPSA) is 29.4 Å². The zero-order valence-electron chi connectivity index (χ0n) is 9.93. The predicted octanol–water partition coefficient (Wildman–Crippen LogP) is 3.77. The van der Waals surface area contributed by atoms with Crippen LogP contribution in [0.1, 0.15) is 16.7 Å². The minimum Gasteiger partial charge on any atom is -0.211 e. The third-order valence-corrected chi connectivity index (χ3v) is 3.31. The molecule has 0 aliphatic heterocycles. The van der Waals surface area contributed by atoms with E-state index in [2.05, 4.69) is 4.99 Å². The van der Waals surface area contributed by atoms with Crippen LogP contribution in [-0.4, -0.2) is 6.08 Å². The first kappa shape index (κ1) is 12.6. The Morgan fingerprint density at radius 1 is 1.00 bits per heavy atom. The van der Waals surface area contributed by atoms with Gasteiger partial charge >= 0.3 is 0 Å². The van der Waals surface area contributed by atoms with Gasteiger partial charge in [-0.3, -0.25) is 0 Å². The van der Waals surface area contributed by atoms with Gasteiger partial charge in [-0.25, -0.2) is 4.79 Å². The van der Waals surface area contributed by atoms with Crippen LogP contribution in [0.25, 0.3) is 0 Å². The molecule has 3 heteroatoms. The van der Waals surface area contributed by atoms with Gasteiger partial charge in [0.15, 0.2) is 5.00 Å². The molecule has 0 spiro atoms. The molecule has 0 radical (unpaired) electrons. The molecule has 2 nitrogen and oxygen atoms in total. The number of nitrogens with zero attached hydrogens (tertiary/aromatic N) is 1. The van der Waals surface area contributed by atoms with Gasteiger partial charge in [-0.1, -0.05) is 71.8 Å². The molecule has 0 heterocycles. The molecular formula is C15H12ClNO. The molecular weight excluding hydrogens is 246 g/mol. The lowest BCUT2D eigenvalue weighted by Gasteiger charge is -2.22. The highest BCUT2D eigenvalue weighted by atomic mass is 35.5. The van der Waals surface area contributed by atoms with Gasteiger partial charge in [0, 0.05) is 0 Å². The van der Waals surface area contributed by atoms with Gasteiger partial charge in [0.1, 0.15) is 0 Å². The normalized spacial score (nSPS) is 13.4. The first-order chi connectivity index (χ1) is 8.66. The van der Waals surface area contributed by atoms with Crippen molar-refractivity contribution in [1.29, 1.82) is 0 Å². The minimum atomic E-state index is -1.20. The third-order valence-electron chi connectivity index (χ3n) is 2.79. The second-order valence-electron chi connectivity index (χ2n) is 4.06. The van der Waals surface area contributed by atoms with Gasteiger partial charge in [-0.2, -0.15) is 4.99 Å². The van der Waals surface area contributed by atoms with Crippen molar-refractivity contribution in [2.75, 3.05) is 0 Å². The van der Waals surface area contributed by atoms with Crippen LogP contribution in [0.4, 0.5) is 0 Å². The van der Waals surface area contributed by atoms with Crippen LogP contribution in [0.3, 0.4) is 0 Å². The smallest absolute Gasteiger partial charge is 0.211 e. The summed E-state index contributed by atoms with van der Waals surface area (Å²) in [5.41, 5.74) is 2.63. The summed E-state index contributed by atoms with van der Waals surface area (Å²) in [6.07, 6.45) is 1.56. The maximum atomic E-state index is 10.7. The highest BCUT2D eigenvalue weighted by molar-refractivity contribution is 6.26. The number of alkyl halides is 1. The molecule has 2 rings (SSSR count). The van der Waals surface area contributed by atoms with E-state index in [0.29, 0.717) is 0 Å². The molecule has 0 saturated heterocycles. The number of carbonyl (C=O) groups excluding carboxylic acids is 1. The third kappa shape index (κ3) is 2.35. The second-order valence-corrected chi connectivity index (χ2v) is 4.60. The Kier molecular flexibility index (Phi) is 3.61. The number of aliphatic imine (C=N–C) groups is 1.